The summed E-state index contributed by atoms with van der Waals surface area (Å²) in [5, 5.41) is 0. The Bertz CT molecular complexity index is 303. The van der Waals surface area contributed by atoms with Crippen LogP contribution in [0.25, 0.3) is 0 Å². The summed E-state index contributed by atoms with van der Waals surface area (Å²) in [5.74, 6) is 0.278. The van der Waals surface area contributed by atoms with Crippen molar-refractivity contribution < 1.29 is 4.79 Å². The number of allylic oxidation sites excluding steroid dienone is 3. The molecule has 0 heterocycles. The van der Waals surface area contributed by atoms with Crippen molar-refractivity contribution in [3.63, 3.8) is 0 Å². The zero-order valence-corrected chi connectivity index (χ0v) is 10.2. The van der Waals surface area contributed by atoms with Gasteiger partial charge < -0.3 is 0 Å². The average molecular weight is 194 g/mol. The highest BCUT2D eigenvalue weighted by Crippen LogP contribution is 2.28. The van der Waals surface area contributed by atoms with Gasteiger partial charge in [-0.15, -0.1) is 0 Å². The van der Waals surface area contributed by atoms with Gasteiger partial charge in [0.15, 0.2) is 5.78 Å². The first-order valence-electron chi connectivity index (χ1n) is 4.74. The van der Waals surface area contributed by atoms with Gasteiger partial charge in [-0.3, -0.25) is 4.79 Å². The van der Waals surface area contributed by atoms with E-state index < -0.39 is 8.07 Å². The molecule has 1 nitrogen and oxygen atoms in total. The van der Waals surface area contributed by atoms with Crippen molar-refractivity contribution in [2.45, 2.75) is 39.9 Å². The Morgan fingerprint density at radius 3 is 2.08 bits per heavy atom. The number of hydrogen-bond donors (Lipinski definition) is 0. The van der Waals surface area contributed by atoms with Crippen LogP contribution in [-0.4, -0.2) is 13.9 Å². The van der Waals surface area contributed by atoms with Crippen molar-refractivity contribution in [2.75, 3.05) is 0 Å². The maximum Gasteiger partial charge on any atom is 0.184 e. The first kappa shape index (κ1) is 10.4. The van der Waals surface area contributed by atoms with E-state index in [-0.39, 0.29) is 5.78 Å². The molecule has 0 amide bonds. The second-order valence-corrected chi connectivity index (χ2v) is 9.97. The van der Waals surface area contributed by atoms with Crippen LogP contribution < -0.4 is 0 Å². The molecule has 2 heteroatoms. The Morgan fingerprint density at radius 2 is 1.77 bits per heavy atom. The highest BCUT2D eigenvalue weighted by atomic mass is 28.3. The topological polar surface area (TPSA) is 17.1 Å². The molecule has 0 N–H and O–H groups in total. The van der Waals surface area contributed by atoms with Crippen LogP contribution in [0.5, 0.6) is 0 Å². The second kappa shape index (κ2) is 3.26. The molecule has 1 aliphatic rings. The largest absolute Gasteiger partial charge is 0.289 e. The Balaban J connectivity index is 2.93. The smallest absolute Gasteiger partial charge is 0.184 e. The van der Waals surface area contributed by atoms with Crippen LogP contribution >= 0.6 is 0 Å². The van der Waals surface area contributed by atoms with Gasteiger partial charge in [0.1, 0.15) is 0 Å². The summed E-state index contributed by atoms with van der Waals surface area (Å²) in [7, 11) is -1.23. The van der Waals surface area contributed by atoms with Crippen LogP contribution in [0.4, 0.5) is 0 Å². The molecule has 0 fully saturated rings. The first-order valence-corrected chi connectivity index (χ1v) is 8.32. The molecule has 0 bridgehead atoms. The number of ketones is 1. The summed E-state index contributed by atoms with van der Waals surface area (Å²) in [6, 6.07) is 0. The lowest BCUT2D eigenvalue weighted by Crippen LogP contribution is -2.18. The van der Waals surface area contributed by atoms with E-state index in [1.165, 1.54) is 5.57 Å². The molecule has 72 valence electrons. The number of carbonyl (C=O) groups excluding carboxylic acids is 1. The summed E-state index contributed by atoms with van der Waals surface area (Å²) in [6.45, 7) is 10.8. The lowest BCUT2D eigenvalue weighted by molar-refractivity contribution is -0.111. The molecule has 0 aromatic heterocycles. The lowest BCUT2D eigenvalue weighted by Gasteiger charge is -2.10. The molecule has 0 atom stereocenters. The Morgan fingerprint density at radius 1 is 1.23 bits per heavy atom. The fourth-order valence-corrected chi connectivity index (χ4v) is 2.85. The number of Topliss-reactive ketones (excluding diaryl/α,β-unsaturated/α-hetero) is 1. The molecular weight excluding hydrogens is 176 g/mol. The standard InChI is InChI=1S/C11H18OSi/c1-8-6-10(7-13(3,4)5)11(12)9(8)2/h7H,6H2,1-5H3/b10-7-. The van der Waals surface area contributed by atoms with Crippen LogP contribution in [0.2, 0.25) is 19.6 Å². The third kappa shape index (κ3) is 2.40. The molecule has 0 aromatic carbocycles. The molecule has 0 aromatic rings. The van der Waals surface area contributed by atoms with Crippen molar-refractivity contribution in [3.8, 4) is 0 Å². The zero-order valence-electron chi connectivity index (χ0n) is 9.19. The van der Waals surface area contributed by atoms with Crippen LogP contribution in [0, 0.1) is 0 Å². The van der Waals surface area contributed by atoms with Gasteiger partial charge in [-0.05, 0) is 31.4 Å². The quantitative estimate of drug-likeness (QED) is 0.463. The van der Waals surface area contributed by atoms with Crippen molar-refractivity contribution in [1.29, 1.82) is 0 Å². The van der Waals surface area contributed by atoms with Crippen molar-refractivity contribution in [3.05, 3.63) is 22.4 Å². The first-order chi connectivity index (χ1) is 5.81. The Labute approximate surface area is 81.5 Å². The van der Waals surface area contributed by atoms with Crippen molar-refractivity contribution >= 4 is 13.9 Å². The predicted molar refractivity (Wildman–Crippen MR) is 59.4 cm³/mol. The number of carbonyl (C=O) groups is 1. The van der Waals surface area contributed by atoms with E-state index in [0.717, 1.165) is 17.6 Å². The zero-order chi connectivity index (χ0) is 10.2. The van der Waals surface area contributed by atoms with Crippen molar-refractivity contribution in [1.82, 2.24) is 0 Å². The van der Waals surface area contributed by atoms with E-state index in [0.29, 0.717) is 0 Å². The Hall–Kier alpha value is -0.633. The van der Waals surface area contributed by atoms with Gasteiger partial charge in [0.05, 0.1) is 8.07 Å². The van der Waals surface area contributed by atoms with Crippen LogP contribution in [0.1, 0.15) is 20.3 Å². The van der Waals surface area contributed by atoms with Gasteiger partial charge in [0.2, 0.25) is 0 Å². The second-order valence-electron chi connectivity index (χ2n) is 4.95. The molecule has 1 aliphatic carbocycles. The highest BCUT2D eigenvalue weighted by molar-refractivity contribution is 6.81. The van der Waals surface area contributed by atoms with Crippen LogP contribution in [-0.2, 0) is 4.79 Å². The predicted octanol–water partition coefficient (Wildman–Crippen LogP) is 3.10. The van der Waals surface area contributed by atoms with Gasteiger partial charge in [-0.1, -0.05) is 30.9 Å². The van der Waals surface area contributed by atoms with Crippen LogP contribution in [0.3, 0.4) is 0 Å². The van der Waals surface area contributed by atoms with Gasteiger partial charge in [0, 0.05) is 0 Å². The fraction of sp³-hybridized carbons (Fsp3) is 0.545. The van der Waals surface area contributed by atoms with Gasteiger partial charge in [0.25, 0.3) is 0 Å². The monoisotopic (exact) mass is 194 g/mol. The maximum absolute atomic E-state index is 11.7. The molecular formula is C11H18OSi. The maximum atomic E-state index is 11.7. The summed E-state index contributed by atoms with van der Waals surface area (Å²) in [4.78, 5) is 11.7. The van der Waals surface area contributed by atoms with E-state index in [9.17, 15) is 4.79 Å². The SMILES string of the molecule is CC1=C(C)C(=O)/C(=C\[Si](C)(C)C)C1. The van der Waals surface area contributed by atoms with Crippen molar-refractivity contribution in [2.24, 2.45) is 0 Å². The third-order valence-electron chi connectivity index (χ3n) is 2.34. The number of rotatable bonds is 1. The van der Waals surface area contributed by atoms with Crippen LogP contribution in [0.15, 0.2) is 22.4 Å². The molecule has 0 saturated heterocycles. The summed E-state index contributed by atoms with van der Waals surface area (Å²) in [6.07, 6.45) is 0.884. The van der Waals surface area contributed by atoms with E-state index in [2.05, 4.69) is 32.3 Å². The molecule has 0 aliphatic heterocycles. The van der Waals surface area contributed by atoms with E-state index in [4.69, 9.17) is 0 Å². The van der Waals surface area contributed by atoms with Gasteiger partial charge in [-0.2, -0.15) is 0 Å². The van der Waals surface area contributed by atoms with E-state index >= 15 is 0 Å². The highest BCUT2D eigenvalue weighted by Gasteiger charge is 2.24. The lowest BCUT2D eigenvalue weighted by atomic mass is 10.2. The molecule has 0 saturated carbocycles. The molecule has 0 spiro atoms. The molecule has 0 radical (unpaired) electrons. The average Bonchev–Trinajstić information content (AvgIpc) is 2.15. The Kier molecular flexibility index (Phi) is 2.62. The molecule has 13 heavy (non-hydrogen) atoms. The minimum Gasteiger partial charge on any atom is -0.289 e. The van der Waals surface area contributed by atoms with Gasteiger partial charge >= 0.3 is 0 Å². The third-order valence-corrected chi connectivity index (χ3v) is 3.55. The summed E-state index contributed by atoms with van der Waals surface area (Å²) < 4.78 is 0. The number of hydrogen-bond acceptors (Lipinski definition) is 1. The fourth-order valence-electron chi connectivity index (χ4n) is 1.57. The minimum atomic E-state index is -1.23. The van der Waals surface area contributed by atoms with E-state index in [1.807, 2.05) is 6.92 Å². The minimum absolute atomic E-state index is 0.278. The molecule has 0 unspecified atom stereocenters. The summed E-state index contributed by atoms with van der Waals surface area (Å²) in [5.41, 5.74) is 5.48. The van der Waals surface area contributed by atoms with E-state index in [1.54, 1.807) is 0 Å². The van der Waals surface area contributed by atoms with Gasteiger partial charge in [-0.25, -0.2) is 0 Å². The normalized spacial score (nSPS) is 21.9. The molecule has 1 rings (SSSR count). The summed E-state index contributed by atoms with van der Waals surface area (Å²) >= 11 is 0.